The highest BCUT2D eigenvalue weighted by molar-refractivity contribution is 6.08. The van der Waals surface area contributed by atoms with Gasteiger partial charge in [0.15, 0.2) is 0 Å². The summed E-state index contributed by atoms with van der Waals surface area (Å²) in [5.74, 6) is -0.162. The quantitative estimate of drug-likeness (QED) is 0.779. The summed E-state index contributed by atoms with van der Waals surface area (Å²) in [5, 5.41) is 13.9. The van der Waals surface area contributed by atoms with Crippen LogP contribution in [0.3, 0.4) is 0 Å². The number of carbonyl (C=O) groups is 2. The van der Waals surface area contributed by atoms with Crippen molar-refractivity contribution in [2.24, 2.45) is 0 Å². The molecule has 1 aromatic heterocycles. The second-order valence-electron chi connectivity index (χ2n) is 5.92. The van der Waals surface area contributed by atoms with E-state index in [1.54, 1.807) is 35.2 Å². The first-order valence-electron chi connectivity index (χ1n) is 8.26. The molecule has 0 aliphatic carbocycles. The van der Waals surface area contributed by atoms with Crippen molar-refractivity contribution in [3.05, 3.63) is 60.4 Å². The van der Waals surface area contributed by atoms with Gasteiger partial charge in [-0.05, 0) is 53.2 Å². The van der Waals surface area contributed by atoms with Crippen molar-refractivity contribution in [1.29, 1.82) is 0 Å². The third kappa shape index (κ3) is 3.04. The molecule has 1 saturated heterocycles. The lowest BCUT2D eigenvalue weighted by Crippen LogP contribution is -2.25. The molecule has 0 unspecified atom stereocenters. The minimum Gasteiger partial charge on any atom is -0.320 e. The molecule has 130 valence electrons. The van der Waals surface area contributed by atoms with Crippen molar-refractivity contribution < 1.29 is 9.59 Å². The third-order valence-corrected chi connectivity index (χ3v) is 4.26. The van der Waals surface area contributed by atoms with Crippen molar-refractivity contribution in [3.63, 3.8) is 0 Å². The molecule has 0 bridgehead atoms. The summed E-state index contributed by atoms with van der Waals surface area (Å²) < 4.78 is 1.51. The van der Waals surface area contributed by atoms with Crippen molar-refractivity contribution in [2.45, 2.75) is 12.8 Å². The van der Waals surface area contributed by atoms with Gasteiger partial charge in [0.2, 0.25) is 5.91 Å². The van der Waals surface area contributed by atoms with Gasteiger partial charge in [0.25, 0.3) is 5.91 Å². The van der Waals surface area contributed by atoms with Gasteiger partial charge in [-0.15, -0.1) is 5.10 Å². The van der Waals surface area contributed by atoms with Crippen LogP contribution >= 0.6 is 0 Å². The van der Waals surface area contributed by atoms with E-state index in [0.717, 1.165) is 17.8 Å². The highest BCUT2D eigenvalue weighted by Gasteiger charge is 2.24. The van der Waals surface area contributed by atoms with Gasteiger partial charge in [-0.2, -0.15) is 0 Å². The minimum atomic E-state index is -0.243. The van der Waals surface area contributed by atoms with Crippen LogP contribution in [0, 0.1) is 0 Å². The Balaban J connectivity index is 1.54. The molecular formula is C18H16N6O2. The van der Waals surface area contributed by atoms with Crippen LogP contribution in [0.5, 0.6) is 0 Å². The molecule has 8 nitrogen and oxygen atoms in total. The van der Waals surface area contributed by atoms with Crippen molar-refractivity contribution in [2.75, 3.05) is 16.8 Å². The normalized spacial score (nSPS) is 13.8. The first kappa shape index (κ1) is 15.9. The topological polar surface area (TPSA) is 93.0 Å². The Morgan fingerprint density at radius 2 is 1.88 bits per heavy atom. The molecule has 2 amide bonds. The maximum absolute atomic E-state index is 12.6. The van der Waals surface area contributed by atoms with Gasteiger partial charge in [-0.25, -0.2) is 4.68 Å². The number of carbonyl (C=O) groups excluding carboxylic acids is 2. The van der Waals surface area contributed by atoms with E-state index in [-0.39, 0.29) is 11.8 Å². The smallest absolute Gasteiger partial charge is 0.255 e. The summed E-state index contributed by atoms with van der Waals surface area (Å²) >= 11 is 0. The van der Waals surface area contributed by atoms with Gasteiger partial charge in [0.1, 0.15) is 6.33 Å². The van der Waals surface area contributed by atoms with Crippen molar-refractivity contribution in [3.8, 4) is 5.69 Å². The molecule has 2 aromatic carbocycles. The minimum absolute atomic E-state index is 0.0810. The largest absolute Gasteiger partial charge is 0.320 e. The maximum atomic E-state index is 12.6. The number of benzene rings is 2. The molecule has 0 atom stereocenters. The van der Waals surface area contributed by atoms with Gasteiger partial charge < -0.3 is 10.2 Å². The standard InChI is InChI=1S/C18H16N6O2/c25-17-6-3-11-23(17)16-5-2-1-4-15(16)20-18(26)13-7-9-14(10-8-13)24-12-19-21-22-24/h1-2,4-5,7-10,12H,3,6,11H2,(H,20,26). The molecule has 1 aliphatic heterocycles. The molecule has 26 heavy (non-hydrogen) atoms. The van der Waals surface area contributed by atoms with Crippen molar-refractivity contribution in [1.82, 2.24) is 20.2 Å². The Morgan fingerprint density at radius 3 is 2.58 bits per heavy atom. The van der Waals surface area contributed by atoms with Gasteiger partial charge >= 0.3 is 0 Å². The van der Waals surface area contributed by atoms with E-state index in [4.69, 9.17) is 0 Å². The molecular weight excluding hydrogens is 332 g/mol. The fraction of sp³-hybridized carbons (Fsp3) is 0.167. The molecule has 3 aromatic rings. The molecule has 8 heteroatoms. The summed E-state index contributed by atoms with van der Waals surface area (Å²) in [6.07, 6.45) is 2.86. The molecule has 0 saturated carbocycles. The summed E-state index contributed by atoms with van der Waals surface area (Å²) in [4.78, 5) is 26.3. The second kappa shape index (κ2) is 6.75. The predicted octanol–water partition coefficient (Wildman–Crippen LogP) is 2.04. The van der Waals surface area contributed by atoms with E-state index in [9.17, 15) is 9.59 Å². The second-order valence-corrected chi connectivity index (χ2v) is 5.92. The number of nitrogens with one attached hydrogen (secondary N) is 1. The van der Waals surface area contributed by atoms with Crippen LogP contribution in [0.2, 0.25) is 0 Å². The molecule has 1 N–H and O–H groups in total. The summed E-state index contributed by atoms with van der Waals surface area (Å²) in [6.45, 7) is 0.673. The first-order chi connectivity index (χ1) is 12.7. The van der Waals surface area contributed by atoms with E-state index in [1.165, 1.54) is 11.0 Å². The number of anilines is 2. The molecule has 1 fully saturated rings. The number of hydrogen-bond acceptors (Lipinski definition) is 5. The number of nitrogens with zero attached hydrogens (tertiary/aromatic N) is 5. The third-order valence-electron chi connectivity index (χ3n) is 4.26. The number of rotatable bonds is 4. The van der Waals surface area contributed by atoms with E-state index in [2.05, 4.69) is 20.8 Å². The lowest BCUT2D eigenvalue weighted by atomic mass is 10.1. The molecule has 0 radical (unpaired) electrons. The van der Waals surface area contributed by atoms with E-state index in [0.29, 0.717) is 24.2 Å². The zero-order chi connectivity index (χ0) is 17.9. The lowest BCUT2D eigenvalue weighted by molar-refractivity contribution is -0.117. The maximum Gasteiger partial charge on any atom is 0.255 e. The van der Waals surface area contributed by atoms with Crippen LogP contribution in [0.25, 0.3) is 5.69 Å². The summed E-state index contributed by atoms with van der Waals surface area (Å²) in [7, 11) is 0. The number of hydrogen-bond donors (Lipinski definition) is 1. The number of tetrazole rings is 1. The van der Waals surface area contributed by atoms with Crippen LogP contribution in [0.4, 0.5) is 11.4 Å². The van der Waals surface area contributed by atoms with E-state index in [1.807, 2.05) is 18.2 Å². The Labute approximate surface area is 149 Å². The lowest BCUT2D eigenvalue weighted by Gasteiger charge is -2.20. The van der Waals surface area contributed by atoms with Crippen LogP contribution in [0.15, 0.2) is 54.9 Å². The molecule has 2 heterocycles. The SMILES string of the molecule is O=C(Nc1ccccc1N1CCCC1=O)c1ccc(-n2cnnn2)cc1. The number of para-hydroxylation sites is 2. The predicted molar refractivity (Wildman–Crippen MR) is 95.1 cm³/mol. The zero-order valence-electron chi connectivity index (χ0n) is 13.9. The Hall–Kier alpha value is -3.55. The van der Waals surface area contributed by atoms with Crippen LogP contribution in [-0.4, -0.2) is 38.6 Å². The van der Waals surface area contributed by atoms with E-state index >= 15 is 0 Å². The fourth-order valence-corrected chi connectivity index (χ4v) is 2.96. The average molecular weight is 348 g/mol. The highest BCUT2D eigenvalue weighted by Crippen LogP contribution is 2.29. The Bertz CT molecular complexity index is 937. The molecule has 4 rings (SSSR count). The van der Waals surface area contributed by atoms with E-state index < -0.39 is 0 Å². The summed E-state index contributed by atoms with van der Waals surface area (Å²) in [6, 6.07) is 14.3. The van der Waals surface area contributed by atoms with Gasteiger partial charge in [0, 0.05) is 18.5 Å². The van der Waals surface area contributed by atoms with Gasteiger partial charge in [-0.3, -0.25) is 9.59 Å². The highest BCUT2D eigenvalue weighted by atomic mass is 16.2. The zero-order valence-corrected chi connectivity index (χ0v) is 13.9. The van der Waals surface area contributed by atoms with Crippen LogP contribution in [-0.2, 0) is 4.79 Å². The molecule has 1 aliphatic rings. The Kier molecular flexibility index (Phi) is 4.14. The first-order valence-corrected chi connectivity index (χ1v) is 8.26. The Morgan fingerprint density at radius 1 is 1.08 bits per heavy atom. The van der Waals surface area contributed by atoms with Gasteiger partial charge in [0.05, 0.1) is 17.1 Å². The van der Waals surface area contributed by atoms with Gasteiger partial charge in [-0.1, -0.05) is 12.1 Å². The summed E-state index contributed by atoms with van der Waals surface area (Å²) in [5.41, 5.74) is 2.62. The fourth-order valence-electron chi connectivity index (χ4n) is 2.96. The average Bonchev–Trinajstić information content (AvgIpc) is 3.34. The monoisotopic (exact) mass is 348 g/mol. The van der Waals surface area contributed by atoms with Crippen molar-refractivity contribution >= 4 is 23.2 Å². The van der Waals surface area contributed by atoms with Crippen LogP contribution < -0.4 is 10.2 Å². The van der Waals surface area contributed by atoms with Crippen LogP contribution in [0.1, 0.15) is 23.2 Å². The number of amides is 2. The number of aromatic nitrogens is 4. The molecule has 0 spiro atoms.